The second kappa shape index (κ2) is 16.5. The van der Waals surface area contributed by atoms with Crippen LogP contribution in [0.3, 0.4) is 0 Å². The van der Waals surface area contributed by atoms with Crippen molar-refractivity contribution in [3.63, 3.8) is 0 Å². The van der Waals surface area contributed by atoms with Gasteiger partial charge in [-0.25, -0.2) is 0 Å². The van der Waals surface area contributed by atoms with E-state index in [4.69, 9.17) is 2.84 Å². The zero-order valence-electron chi connectivity index (χ0n) is 10.7. The summed E-state index contributed by atoms with van der Waals surface area (Å²) < 4.78 is 8.12. The molecule has 0 amide bonds. The Kier molecular flexibility index (Phi) is 22.4. The van der Waals surface area contributed by atoms with Crippen molar-refractivity contribution in [2.75, 3.05) is 0 Å². The maximum absolute atomic E-state index is 4.82. The van der Waals surface area contributed by atoms with Crippen molar-refractivity contribution in [3.8, 4) is 0 Å². The molecule has 2 aliphatic carbocycles. The van der Waals surface area contributed by atoms with Crippen LogP contribution in [0.25, 0.3) is 0 Å². The first-order valence-corrected chi connectivity index (χ1v) is 9.49. The number of rotatable bonds is 3. The number of hydrogen-bond donors (Lipinski definition) is 0. The van der Waals surface area contributed by atoms with Crippen LogP contribution in [0.5, 0.6) is 0 Å². The molecule has 2 rings (SSSR count). The van der Waals surface area contributed by atoms with Gasteiger partial charge in [-0.15, -0.1) is 37.2 Å². The number of halogens is 3. The van der Waals surface area contributed by atoms with E-state index < -0.39 is 0 Å². The molecule has 0 bridgehead atoms. The summed E-state index contributed by atoms with van der Waals surface area (Å²) in [6.45, 7) is 0. The van der Waals surface area contributed by atoms with Gasteiger partial charge in [0, 0.05) is 0 Å². The van der Waals surface area contributed by atoms with E-state index in [0.29, 0.717) is 16.3 Å². The van der Waals surface area contributed by atoms with Gasteiger partial charge in [0.1, 0.15) is 0 Å². The van der Waals surface area contributed by atoms with Crippen molar-refractivity contribution in [3.05, 3.63) is 45.0 Å². The van der Waals surface area contributed by atoms with Crippen LogP contribution in [0.15, 0.2) is 45.0 Å². The summed E-state index contributed by atoms with van der Waals surface area (Å²) in [4.78, 5) is 0. The van der Waals surface area contributed by atoms with Crippen LogP contribution in [-0.4, -0.2) is 32.2 Å². The summed E-state index contributed by atoms with van der Waals surface area (Å²) in [5.74, 6) is 2.13. The van der Waals surface area contributed by atoms with E-state index in [1.807, 2.05) is 0 Å². The third-order valence-electron chi connectivity index (χ3n) is 2.08. The molecule has 1 nitrogen and oxygen atoms in total. The second-order valence-corrected chi connectivity index (χ2v) is 8.30. The van der Waals surface area contributed by atoms with Gasteiger partial charge in [0.2, 0.25) is 0 Å². The Bertz CT molecular complexity index is 287. The normalized spacial score (nSPS) is 13.8. The molecule has 0 fully saturated rings. The van der Waals surface area contributed by atoms with Crippen LogP contribution in [-0.2, 0) is 19.1 Å². The molecule has 101 valence electrons. The molecular formula is C11H19Al2Cl3OV. The minimum absolute atomic E-state index is 0. The average Bonchev–Trinajstić information content (AvgIpc) is 2.92. The predicted octanol–water partition coefficient (Wildman–Crippen LogP) is 2.97. The van der Waals surface area contributed by atoms with Gasteiger partial charge in [-0.05, 0) is 0 Å². The van der Waals surface area contributed by atoms with Crippen LogP contribution in [0.2, 0.25) is 5.79 Å². The topological polar surface area (TPSA) is 9.23 Å². The van der Waals surface area contributed by atoms with Gasteiger partial charge in [-0.3, -0.25) is 0 Å². The zero-order valence-corrected chi connectivity index (χ0v) is 17.9. The molecule has 0 atom stereocenters. The second-order valence-electron chi connectivity index (χ2n) is 3.27. The zero-order chi connectivity index (χ0) is 10.9. The summed E-state index contributed by atoms with van der Waals surface area (Å²) in [6.07, 6.45) is 15.8. The minimum atomic E-state index is -0.0139. The molecule has 0 radical (unpaired) electrons. The average molecular weight is 379 g/mol. The first kappa shape index (κ1) is 24.5. The Morgan fingerprint density at radius 3 is 1.67 bits per heavy atom. The van der Waals surface area contributed by atoms with Gasteiger partial charge in [0.05, 0.1) is 0 Å². The Labute approximate surface area is 151 Å². The van der Waals surface area contributed by atoms with Gasteiger partial charge in [-0.2, -0.15) is 0 Å². The van der Waals surface area contributed by atoms with Crippen molar-refractivity contribution in [1.29, 1.82) is 0 Å². The number of hydrogen-bond acceptors (Lipinski definition) is 1. The molecule has 0 aromatic rings. The fourth-order valence-corrected chi connectivity index (χ4v) is 2.91. The van der Waals surface area contributed by atoms with Crippen LogP contribution < -0.4 is 0 Å². The summed E-state index contributed by atoms with van der Waals surface area (Å²) in [7, 11) is 0. The summed E-state index contributed by atoms with van der Waals surface area (Å²) in [5.41, 5.74) is 0. The van der Waals surface area contributed by atoms with E-state index in [-0.39, 0.29) is 52.8 Å². The molecule has 0 saturated carbocycles. The first-order chi connectivity index (χ1) is 7.36. The van der Waals surface area contributed by atoms with E-state index in [9.17, 15) is 0 Å². The maximum Gasteiger partial charge on any atom is 0.401 e. The third kappa shape index (κ3) is 11.3. The maximum atomic E-state index is 4.82. The molecule has 0 N–H and O–H groups in total. The SMILES string of the molecule is C1=CC[C]([V][C]2=CC=CC2)=C1.Cl.Cl.Cl.[CH3][AlH][O][AlH2]. The monoisotopic (exact) mass is 377 g/mol. The van der Waals surface area contributed by atoms with Gasteiger partial charge < -0.3 is 2.84 Å². The molecule has 0 unspecified atom stereocenters. The van der Waals surface area contributed by atoms with Gasteiger partial charge in [0.15, 0.2) is 0 Å². The third-order valence-corrected chi connectivity index (χ3v) is 6.32. The van der Waals surface area contributed by atoms with Gasteiger partial charge in [0.25, 0.3) is 0 Å². The van der Waals surface area contributed by atoms with E-state index >= 15 is 0 Å². The Morgan fingerprint density at radius 2 is 1.44 bits per heavy atom. The first-order valence-electron chi connectivity index (χ1n) is 5.29. The van der Waals surface area contributed by atoms with Crippen molar-refractivity contribution in [2.24, 2.45) is 0 Å². The molecule has 0 aromatic heterocycles. The van der Waals surface area contributed by atoms with Crippen LogP contribution in [0.1, 0.15) is 12.8 Å². The quantitative estimate of drug-likeness (QED) is 0.686. The van der Waals surface area contributed by atoms with Crippen molar-refractivity contribution >= 4 is 69.4 Å². The number of allylic oxidation sites excluding steroid dienone is 8. The molecule has 0 aliphatic heterocycles. The standard InChI is InChI=1S/2C5H5.CH3.2Al.3ClH.O.V.3H/c2*1-2-4-5-3-1;;;;;;;;;;;/h2*1-3H,4H2;1H3;;;3*1H;;;;;. The largest absolute Gasteiger partial charge is 0.645 e. The molecule has 0 spiro atoms. The van der Waals surface area contributed by atoms with E-state index in [2.05, 4.69) is 42.2 Å². The fourth-order valence-electron chi connectivity index (χ4n) is 1.22. The molecule has 0 aromatic carbocycles. The van der Waals surface area contributed by atoms with Crippen molar-refractivity contribution in [1.82, 2.24) is 0 Å². The van der Waals surface area contributed by atoms with Gasteiger partial charge in [-0.1, -0.05) is 5.79 Å². The Morgan fingerprint density at radius 1 is 1.06 bits per heavy atom. The molecular weight excluding hydrogens is 359 g/mol. The Balaban J connectivity index is -0.000000289. The van der Waals surface area contributed by atoms with Gasteiger partial charge >= 0.3 is 106 Å². The molecule has 7 heteroatoms. The summed E-state index contributed by atoms with van der Waals surface area (Å²) in [5, 5.41) is 0. The van der Waals surface area contributed by atoms with Crippen LogP contribution in [0, 0.1) is 0 Å². The van der Waals surface area contributed by atoms with Crippen molar-refractivity contribution in [2.45, 2.75) is 18.6 Å². The van der Waals surface area contributed by atoms with Crippen LogP contribution >= 0.6 is 37.2 Å². The van der Waals surface area contributed by atoms with E-state index in [0.717, 1.165) is 16.6 Å². The summed E-state index contributed by atoms with van der Waals surface area (Å²) >= 11 is 1.30. The van der Waals surface area contributed by atoms with Crippen LogP contribution in [0.4, 0.5) is 0 Å². The molecule has 2 aliphatic rings. The molecule has 0 heterocycles. The molecule has 0 saturated heterocycles. The van der Waals surface area contributed by atoms with E-state index in [1.165, 1.54) is 12.8 Å². The van der Waals surface area contributed by atoms with Crippen molar-refractivity contribution < 1.29 is 19.1 Å². The summed E-state index contributed by atoms with van der Waals surface area (Å²) in [6, 6.07) is 0. The smallest absolute Gasteiger partial charge is 0.401 e. The Hall–Kier alpha value is 1.44. The molecule has 18 heavy (non-hydrogen) atoms. The minimum Gasteiger partial charge on any atom is -0.645 e. The predicted molar refractivity (Wildman–Crippen MR) is 88.1 cm³/mol. The van der Waals surface area contributed by atoms with E-state index in [1.54, 1.807) is 8.57 Å². The fraction of sp³-hybridized carbons (Fsp3) is 0.273.